The Labute approximate surface area is 143 Å². The Morgan fingerprint density at radius 1 is 1.22 bits per heavy atom. The molecule has 128 valence electrons. The van der Waals surface area contributed by atoms with E-state index in [0.717, 1.165) is 18.4 Å². The molecule has 0 N–H and O–H groups in total. The van der Waals surface area contributed by atoms with Gasteiger partial charge < -0.3 is 4.90 Å². The second-order valence-electron chi connectivity index (χ2n) is 6.51. The number of likely N-dealkylation sites (tertiary alicyclic amines) is 1. The molecule has 1 heterocycles. The van der Waals surface area contributed by atoms with Crippen LogP contribution in [-0.2, 0) is 21.1 Å². The first-order chi connectivity index (χ1) is 10.8. The maximum absolute atomic E-state index is 12.3. The number of benzene rings is 1. The van der Waals surface area contributed by atoms with Crippen LogP contribution in [0.5, 0.6) is 0 Å². The van der Waals surface area contributed by atoms with Crippen molar-refractivity contribution in [1.82, 2.24) is 4.90 Å². The van der Waals surface area contributed by atoms with Gasteiger partial charge in [-0.2, -0.15) is 0 Å². The van der Waals surface area contributed by atoms with Crippen LogP contribution in [-0.4, -0.2) is 43.3 Å². The lowest BCUT2D eigenvalue weighted by Gasteiger charge is -2.32. The van der Waals surface area contributed by atoms with Crippen LogP contribution in [0.2, 0.25) is 5.02 Å². The van der Waals surface area contributed by atoms with Gasteiger partial charge in [0, 0.05) is 18.1 Å². The van der Waals surface area contributed by atoms with E-state index in [1.165, 1.54) is 0 Å². The minimum Gasteiger partial charge on any atom is -0.342 e. The van der Waals surface area contributed by atoms with Gasteiger partial charge in [-0.05, 0) is 50.3 Å². The van der Waals surface area contributed by atoms with Crippen molar-refractivity contribution in [3.8, 4) is 0 Å². The Morgan fingerprint density at radius 3 is 2.30 bits per heavy atom. The van der Waals surface area contributed by atoms with Crippen molar-refractivity contribution in [2.75, 3.05) is 18.8 Å². The number of carbonyl (C=O) groups is 1. The Hall–Kier alpha value is -1.07. The highest BCUT2D eigenvalue weighted by Crippen LogP contribution is 2.21. The summed E-state index contributed by atoms with van der Waals surface area (Å²) >= 11 is 5.84. The van der Waals surface area contributed by atoms with Gasteiger partial charge in [-0.3, -0.25) is 4.79 Å². The number of piperidine rings is 1. The molecule has 1 fully saturated rings. The zero-order chi connectivity index (χ0) is 17.0. The number of nitrogens with zero attached hydrogens (tertiary/aromatic N) is 1. The van der Waals surface area contributed by atoms with Crippen LogP contribution in [0.3, 0.4) is 0 Å². The SMILES string of the molecule is CC(C)S(=O)(=O)CC1CCN(C(=O)Cc2ccc(Cl)cc2)CC1. The standard InChI is InChI=1S/C17H24ClNO3S/c1-13(2)23(21,22)12-15-7-9-19(10-8-15)17(20)11-14-3-5-16(18)6-4-14/h3-6,13,15H,7-12H2,1-2H3. The van der Waals surface area contributed by atoms with Gasteiger partial charge in [0.2, 0.25) is 5.91 Å². The molecule has 1 aromatic rings. The molecule has 1 aliphatic heterocycles. The molecular weight excluding hydrogens is 334 g/mol. The summed E-state index contributed by atoms with van der Waals surface area (Å²) in [7, 11) is -3.00. The number of hydrogen-bond acceptors (Lipinski definition) is 3. The largest absolute Gasteiger partial charge is 0.342 e. The minimum absolute atomic E-state index is 0.0949. The second kappa shape index (κ2) is 7.67. The molecule has 1 aromatic carbocycles. The number of halogens is 1. The highest BCUT2D eigenvalue weighted by Gasteiger charge is 2.27. The summed E-state index contributed by atoms with van der Waals surface area (Å²) in [5, 5.41) is 0.334. The van der Waals surface area contributed by atoms with Crippen LogP contribution in [0.25, 0.3) is 0 Å². The molecule has 0 spiro atoms. The van der Waals surface area contributed by atoms with Gasteiger partial charge in [-0.1, -0.05) is 23.7 Å². The first kappa shape index (κ1) is 18.3. The predicted octanol–water partition coefficient (Wildman–Crippen LogP) is 2.94. The van der Waals surface area contributed by atoms with E-state index in [-0.39, 0.29) is 22.8 Å². The lowest BCUT2D eigenvalue weighted by atomic mass is 9.98. The molecule has 1 amide bonds. The zero-order valence-corrected chi connectivity index (χ0v) is 15.2. The Morgan fingerprint density at radius 2 is 1.78 bits per heavy atom. The van der Waals surface area contributed by atoms with Crippen molar-refractivity contribution >= 4 is 27.3 Å². The molecule has 0 unspecified atom stereocenters. The molecule has 1 aliphatic rings. The molecule has 0 atom stereocenters. The number of amides is 1. The third-order valence-electron chi connectivity index (χ3n) is 4.42. The van der Waals surface area contributed by atoms with Gasteiger partial charge >= 0.3 is 0 Å². The predicted molar refractivity (Wildman–Crippen MR) is 93.4 cm³/mol. The third kappa shape index (κ3) is 5.21. The first-order valence-electron chi connectivity index (χ1n) is 8.01. The average molecular weight is 358 g/mol. The summed E-state index contributed by atoms with van der Waals surface area (Å²) in [6.45, 7) is 4.73. The van der Waals surface area contributed by atoms with E-state index in [2.05, 4.69) is 0 Å². The average Bonchev–Trinajstić information content (AvgIpc) is 2.49. The van der Waals surface area contributed by atoms with Gasteiger partial charge in [0.05, 0.1) is 17.4 Å². The first-order valence-corrected chi connectivity index (χ1v) is 10.1. The van der Waals surface area contributed by atoms with E-state index in [4.69, 9.17) is 11.6 Å². The van der Waals surface area contributed by atoms with Crippen molar-refractivity contribution in [2.45, 2.75) is 38.4 Å². The lowest BCUT2D eigenvalue weighted by Crippen LogP contribution is -2.41. The lowest BCUT2D eigenvalue weighted by molar-refractivity contribution is -0.131. The van der Waals surface area contributed by atoms with E-state index < -0.39 is 9.84 Å². The number of rotatable bonds is 5. The van der Waals surface area contributed by atoms with Crippen molar-refractivity contribution < 1.29 is 13.2 Å². The normalized spacial score (nSPS) is 16.8. The molecule has 6 heteroatoms. The highest BCUT2D eigenvalue weighted by molar-refractivity contribution is 7.91. The van der Waals surface area contributed by atoms with Crippen LogP contribution in [0.4, 0.5) is 0 Å². The Bertz CT molecular complexity index is 632. The van der Waals surface area contributed by atoms with Gasteiger partial charge in [-0.15, -0.1) is 0 Å². The van der Waals surface area contributed by atoms with Crippen molar-refractivity contribution in [3.63, 3.8) is 0 Å². The topological polar surface area (TPSA) is 54.5 Å². The van der Waals surface area contributed by atoms with E-state index in [0.29, 0.717) is 24.5 Å². The minimum atomic E-state index is -3.00. The number of sulfone groups is 1. The van der Waals surface area contributed by atoms with Crippen LogP contribution >= 0.6 is 11.6 Å². The fourth-order valence-corrected chi connectivity index (χ4v) is 4.26. The zero-order valence-electron chi connectivity index (χ0n) is 13.7. The van der Waals surface area contributed by atoms with Gasteiger partial charge in [0.25, 0.3) is 0 Å². The maximum Gasteiger partial charge on any atom is 0.226 e. The van der Waals surface area contributed by atoms with Crippen LogP contribution < -0.4 is 0 Å². The van der Waals surface area contributed by atoms with Crippen molar-refractivity contribution in [2.24, 2.45) is 5.92 Å². The van der Waals surface area contributed by atoms with Crippen LogP contribution in [0.15, 0.2) is 24.3 Å². The number of hydrogen-bond donors (Lipinski definition) is 0. The molecule has 0 bridgehead atoms. The molecule has 4 nitrogen and oxygen atoms in total. The quantitative estimate of drug-likeness (QED) is 0.814. The summed E-state index contributed by atoms with van der Waals surface area (Å²) in [5.41, 5.74) is 0.948. The van der Waals surface area contributed by atoms with Crippen molar-refractivity contribution in [3.05, 3.63) is 34.9 Å². The van der Waals surface area contributed by atoms with Crippen LogP contribution in [0.1, 0.15) is 32.3 Å². The summed E-state index contributed by atoms with van der Waals surface area (Å²) in [4.78, 5) is 14.2. The second-order valence-corrected chi connectivity index (χ2v) is 9.54. The molecule has 0 aromatic heterocycles. The van der Waals surface area contributed by atoms with Crippen LogP contribution in [0, 0.1) is 5.92 Å². The summed E-state index contributed by atoms with van der Waals surface area (Å²) in [6, 6.07) is 7.30. The maximum atomic E-state index is 12.3. The van der Waals surface area contributed by atoms with E-state index >= 15 is 0 Å². The van der Waals surface area contributed by atoms with E-state index in [1.54, 1.807) is 26.0 Å². The van der Waals surface area contributed by atoms with Gasteiger partial charge in [0.1, 0.15) is 0 Å². The van der Waals surface area contributed by atoms with E-state index in [9.17, 15) is 13.2 Å². The molecule has 2 rings (SSSR count). The highest BCUT2D eigenvalue weighted by atomic mass is 35.5. The number of carbonyl (C=O) groups excluding carboxylic acids is 1. The van der Waals surface area contributed by atoms with E-state index in [1.807, 2.05) is 17.0 Å². The molecule has 23 heavy (non-hydrogen) atoms. The summed E-state index contributed by atoms with van der Waals surface area (Å²) < 4.78 is 24.0. The fourth-order valence-electron chi connectivity index (χ4n) is 2.76. The molecule has 1 saturated heterocycles. The molecular formula is C17H24ClNO3S. The summed E-state index contributed by atoms with van der Waals surface area (Å²) in [6.07, 6.45) is 1.89. The fraction of sp³-hybridized carbons (Fsp3) is 0.588. The van der Waals surface area contributed by atoms with Gasteiger partial charge in [-0.25, -0.2) is 8.42 Å². The monoisotopic (exact) mass is 357 g/mol. The summed E-state index contributed by atoms with van der Waals surface area (Å²) in [5.74, 6) is 0.503. The molecule has 0 aliphatic carbocycles. The Kier molecular flexibility index (Phi) is 6.09. The molecule has 0 saturated carbocycles. The smallest absolute Gasteiger partial charge is 0.226 e. The van der Waals surface area contributed by atoms with Gasteiger partial charge in [0.15, 0.2) is 9.84 Å². The van der Waals surface area contributed by atoms with Crippen molar-refractivity contribution in [1.29, 1.82) is 0 Å². The Balaban J connectivity index is 1.84. The molecule has 0 radical (unpaired) electrons. The third-order valence-corrected chi connectivity index (χ3v) is 7.05.